The van der Waals surface area contributed by atoms with Gasteiger partial charge in [0.05, 0.1) is 4.11 Å². The van der Waals surface area contributed by atoms with Gasteiger partial charge in [-0.05, 0) is 30.0 Å². The van der Waals surface area contributed by atoms with Crippen LogP contribution in [0.25, 0.3) is 10.9 Å². The van der Waals surface area contributed by atoms with Gasteiger partial charge in [-0.2, -0.15) is 0 Å². The van der Waals surface area contributed by atoms with Crippen LogP contribution in [0.2, 0.25) is 0 Å². The second-order valence-electron chi connectivity index (χ2n) is 4.04. The van der Waals surface area contributed by atoms with E-state index in [1.54, 1.807) is 23.6 Å². The zero-order valence-corrected chi connectivity index (χ0v) is 9.64. The molecule has 0 radical (unpaired) electrons. The molecule has 17 heavy (non-hydrogen) atoms. The summed E-state index contributed by atoms with van der Waals surface area (Å²) in [4.78, 5) is 0. The summed E-state index contributed by atoms with van der Waals surface area (Å²) in [5.74, 6) is 0. The predicted octanol–water partition coefficient (Wildman–Crippen LogP) is 4.00. The first-order chi connectivity index (χ1) is 9.53. The van der Waals surface area contributed by atoms with Gasteiger partial charge in [-0.15, -0.1) is 0 Å². The number of rotatable bonds is 2. The Morgan fingerprint density at radius 2 is 1.76 bits per heavy atom. The summed E-state index contributed by atoms with van der Waals surface area (Å²) in [6.07, 6.45) is 0. The van der Waals surface area contributed by atoms with E-state index in [-0.39, 0.29) is 0 Å². The first kappa shape index (κ1) is 7.33. The van der Waals surface area contributed by atoms with Crippen LogP contribution in [0.1, 0.15) is 15.4 Å². The third kappa shape index (κ3) is 1.84. The third-order valence-electron chi connectivity index (χ3n) is 2.81. The highest BCUT2D eigenvalue weighted by Gasteiger charge is 2.04. The van der Waals surface area contributed by atoms with Gasteiger partial charge in [0.2, 0.25) is 0 Å². The molecular formula is C16H15N. The summed E-state index contributed by atoms with van der Waals surface area (Å²) < 4.78 is 26.8. The molecule has 1 aromatic heterocycles. The van der Waals surface area contributed by atoms with Crippen LogP contribution in [0, 0.1) is 6.92 Å². The van der Waals surface area contributed by atoms with E-state index in [1.165, 1.54) is 0 Å². The van der Waals surface area contributed by atoms with E-state index in [1.807, 2.05) is 42.5 Å². The first-order valence-electron chi connectivity index (χ1n) is 7.16. The molecule has 0 saturated heterocycles. The molecule has 0 N–H and O–H groups in total. The molecule has 2 aromatic carbocycles. The second kappa shape index (κ2) is 4.10. The Bertz CT molecular complexity index is 760. The lowest BCUT2D eigenvalue weighted by Gasteiger charge is -2.08. The number of fused-ring (bicyclic) bond motifs is 1. The van der Waals surface area contributed by atoms with Gasteiger partial charge in [-0.25, -0.2) is 0 Å². The standard InChI is InChI=1S/C16H15N/c1-13-11-15-9-5-6-10-16(15)17(13)12-14-7-3-2-4-8-14/h2-11H,12H2,1H3/i11D,12D2. The smallest absolute Gasteiger partial charge is 0.0648 e. The van der Waals surface area contributed by atoms with Gasteiger partial charge in [0.25, 0.3) is 0 Å². The van der Waals surface area contributed by atoms with E-state index in [4.69, 9.17) is 4.11 Å². The van der Waals surface area contributed by atoms with Crippen molar-refractivity contribution in [1.29, 1.82) is 0 Å². The average Bonchev–Trinajstić information content (AvgIpc) is 2.73. The van der Waals surface area contributed by atoms with Crippen molar-refractivity contribution >= 4 is 10.9 Å². The minimum atomic E-state index is -1.68. The van der Waals surface area contributed by atoms with Crippen LogP contribution in [0.15, 0.2) is 60.6 Å². The monoisotopic (exact) mass is 224 g/mol. The summed E-state index contributed by atoms with van der Waals surface area (Å²) in [6.45, 7) is 0.118. The molecule has 1 heteroatoms. The lowest BCUT2D eigenvalue weighted by Crippen LogP contribution is -2.00. The van der Waals surface area contributed by atoms with Crippen LogP contribution >= 0.6 is 0 Å². The van der Waals surface area contributed by atoms with E-state index in [0.717, 1.165) is 10.9 Å². The highest BCUT2D eigenvalue weighted by atomic mass is 15.0. The number of para-hydroxylation sites is 1. The largest absolute Gasteiger partial charge is 0.340 e. The molecule has 0 amide bonds. The fourth-order valence-electron chi connectivity index (χ4n) is 1.99. The number of benzene rings is 2. The number of hydrogen-bond acceptors (Lipinski definition) is 0. The molecule has 0 saturated carbocycles. The van der Waals surface area contributed by atoms with Gasteiger partial charge in [0, 0.05) is 17.7 Å². The Morgan fingerprint density at radius 1 is 1.06 bits per heavy atom. The molecule has 0 aliphatic carbocycles. The number of hydrogen-bond donors (Lipinski definition) is 0. The fraction of sp³-hybridized carbons (Fsp3) is 0.125. The Kier molecular flexibility index (Phi) is 1.77. The van der Waals surface area contributed by atoms with Crippen molar-refractivity contribution in [3.63, 3.8) is 0 Å². The zero-order chi connectivity index (χ0) is 14.3. The molecule has 0 atom stereocenters. The molecule has 0 bridgehead atoms. The zero-order valence-electron chi connectivity index (χ0n) is 12.6. The summed E-state index contributed by atoms with van der Waals surface area (Å²) in [6, 6.07) is 16.9. The van der Waals surface area contributed by atoms with Crippen molar-refractivity contribution in [2.45, 2.75) is 13.4 Å². The summed E-state index contributed by atoms with van der Waals surface area (Å²) >= 11 is 0. The molecule has 0 aliphatic heterocycles. The second-order valence-corrected chi connectivity index (χ2v) is 4.04. The maximum absolute atomic E-state index is 8.49. The van der Waals surface area contributed by atoms with E-state index in [2.05, 4.69) is 0 Å². The maximum atomic E-state index is 8.49. The fourth-order valence-corrected chi connectivity index (χ4v) is 1.99. The van der Waals surface area contributed by atoms with Crippen LogP contribution in [0.3, 0.4) is 0 Å². The minimum absolute atomic E-state index is 0.389. The minimum Gasteiger partial charge on any atom is -0.340 e. The lowest BCUT2D eigenvalue weighted by atomic mass is 10.2. The van der Waals surface area contributed by atoms with Crippen LogP contribution in [0.5, 0.6) is 0 Å². The summed E-state index contributed by atoms with van der Waals surface area (Å²) in [5.41, 5.74) is 1.98. The van der Waals surface area contributed by atoms with Crippen molar-refractivity contribution in [1.82, 2.24) is 4.57 Å². The topological polar surface area (TPSA) is 4.93 Å². The van der Waals surface area contributed by atoms with Crippen molar-refractivity contribution in [2.75, 3.05) is 0 Å². The van der Waals surface area contributed by atoms with Crippen molar-refractivity contribution < 1.29 is 4.11 Å². The molecule has 1 nitrogen and oxygen atoms in total. The molecule has 84 valence electrons. The molecule has 3 aromatic rings. The van der Waals surface area contributed by atoms with E-state index < -0.39 is 6.50 Å². The Balaban J connectivity index is 2.32. The van der Waals surface area contributed by atoms with Gasteiger partial charge in [0.1, 0.15) is 0 Å². The normalized spacial score (nSPS) is 14.3. The number of aromatic nitrogens is 1. The Morgan fingerprint density at radius 3 is 2.59 bits per heavy atom. The summed E-state index contributed by atoms with van der Waals surface area (Å²) in [5, 5.41) is 0.782. The molecule has 0 unspecified atom stereocenters. The SMILES string of the molecule is [2H]c1c(C)n(C([2H])([2H])c2ccccc2)c2ccccc12. The van der Waals surface area contributed by atoms with Gasteiger partial charge in [-0.3, -0.25) is 0 Å². The molecular weight excluding hydrogens is 206 g/mol. The molecule has 3 rings (SSSR count). The predicted molar refractivity (Wildman–Crippen MR) is 72.2 cm³/mol. The van der Waals surface area contributed by atoms with Crippen LogP contribution in [-0.2, 0) is 6.50 Å². The van der Waals surface area contributed by atoms with E-state index in [0.29, 0.717) is 17.3 Å². The highest BCUT2D eigenvalue weighted by molar-refractivity contribution is 5.81. The molecule has 0 fully saturated rings. The molecule has 0 aliphatic rings. The summed E-state index contributed by atoms with van der Waals surface area (Å²) in [7, 11) is 0. The van der Waals surface area contributed by atoms with Gasteiger partial charge in [-0.1, -0.05) is 48.5 Å². The first-order valence-corrected chi connectivity index (χ1v) is 5.66. The van der Waals surface area contributed by atoms with Crippen LogP contribution in [0.4, 0.5) is 0 Å². The molecule has 1 heterocycles. The third-order valence-corrected chi connectivity index (χ3v) is 2.81. The highest BCUT2D eigenvalue weighted by Crippen LogP contribution is 2.20. The van der Waals surface area contributed by atoms with Crippen molar-refractivity contribution in [2.24, 2.45) is 0 Å². The Hall–Kier alpha value is -2.02. The van der Waals surface area contributed by atoms with Crippen molar-refractivity contribution in [3.05, 3.63) is 71.9 Å². The van der Waals surface area contributed by atoms with Gasteiger partial charge >= 0.3 is 0 Å². The average molecular weight is 224 g/mol. The van der Waals surface area contributed by atoms with Crippen LogP contribution < -0.4 is 0 Å². The van der Waals surface area contributed by atoms with E-state index in [9.17, 15) is 0 Å². The van der Waals surface area contributed by atoms with E-state index >= 15 is 0 Å². The van der Waals surface area contributed by atoms with Crippen LogP contribution in [-0.4, -0.2) is 4.57 Å². The quantitative estimate of drug-likeness (QED) is 0.620. The van der Waals surface area contributed by atoms with Gasteiger partial charge in [0.15, 0.2) is 0 Å². The lowest BCUT2D eigenvalue weighted by molar-refractivity contribution is 0.805. The number of nitrogens with zero attached hydrogens (tertiary/aromatic N) is 1. The maximum Gasteiger partial charge on any atom is 0.0648 e. The molecule has 0 spiro atoms. The Labute approximate surface area is 106 Å². The van der Waals surface area contributed by atoms with Crippen molar-refractivity contribution in [3.8, 4) is 0 Å². The van der Waals surface area contributed by atoms with Gasteiger partial charge < -0.3 is 4.57 Å².